The smallest absolute Gasteiger partial charge is 0.256 e. The second kappa shape index (κ2) is 7.62. The number of carbonyl (C=O) groups is 1. The molecule has 132 valence electrons. The standard InChI is InChI=1S/C20H19N3O3/c1-3-25-17-9-5-4-8-15(17)13-22-19(24)18-14(2)26-20(16(18)12-21)23-10-6-7-11-23/h4-11H,3,13H2,1-2H3,(H,22,24). The van der Waals surface area contributed by atoms with E-state index in [2.05, 4.69) is 11.4 Å². The molecule has 6 nitrogen and oxygen atoms in total. The average molecular weight is 349 g/mol. The SMILES string of the molecule is CCOc1ccccc1CNC(=O)c1c(C)oc(-n2cccc2)c1C#N. The van der Waals surface area contributed by atoms with Gasteiger partial charge in [-0.15, -0.1) is 0 Å². The number of aromatic nitrogens is 1. The van der Waals surface area contributed by atoms with Gasteiger partial charge in [0.25, 0.3) is 5.91 Å². The third kappa shape index (κ3) is 3.33. The van der Waals surface area contributed by atoms with Crippen LogP contribution in [0.3, 0.4) is 0 Å². The summed E-state index contributed by atoms with van der Waals surface area (Å²) in [6.07, 6.45) is 3.53. The second-order valence-electron chi connectivity index (χ2n) is 5.64. The number of ether oxygens (including phenoxy) is 1. The third-order valence-corrected chi connectivity index (χ3v) is 3.96. The Morgan fingerprint density at radius 1 is 1.27 bits per heavy atom. The monoisotopic (exact) mass is 349 g/mol. The van der Waals surface area contributed by atoms with Gasteiger partial charge in [-0.25, -0.2) is 0 Å². The van der Waals surface area contributed by atoms with Crippen LogP contribution in [0.1, 0.15) is 34.2 Å². The number of nitriles is 1. The number of carbonyl (C=O) groups excluding carboxylic acids is 1. The molecule has 0 aliphatic rings. The summed E-state index contributed by atoms with van der Waals surface area (Å²) in [7, 11) is 0. The molecule has 0 spiro atoms. The molecule has 0 aliphatic carbocycles. The first kappa shape index (κ1) is 17.4. The van der Waals surface area contributed by atoms with E-state index in [4.69, 9.17) is 9.15 Å². The van der Waals surface area contributed by atoms with Crippen LogP contribution < -0.4 is 10.1 Å². The number of nitrogens with one attached hydrogen (secondary N) is 1. The van der Waals surface area contributed by atoms with Gasteiger partial charge in [-0.2, -0.15) is 5.26 Å². The van der Waals surface area contributed by atoms with E-state index >= 15 is 0 Å². The molecule has 0 atom stereocenters. The molecule has 0 bridgehead atoms. The van der Waals surface area contributed by atoms with Gasteiger partial charge >= 0.3 is 0 Å². The van der Waals surface area contributed by atoms with Gasteiger partial charge in [0.15, 0.2) is 0 Å². The van der Waals surface area contributed by atoms with Crippen LogP contribution in [0, 0.1) is 18.3 Å². The quantitative estimate of drug-likeness (QED) is 0.737. The molecule has 0 unspecified atom stereocenters. The van der Waals surface area contributed by atoms with Crippen LogP contribution in [0.5, 0.6) is 5.75 Å². The fraction of sp³-hybridized carbons (Fsp3) is 0.200. The van der Waals surface area contributed by atoms with Gasteiger partial charge in [-0.05, 0) is 32.0 Å². The van der Waals surface area contributed by atoms with Crippen molar-refractivity contribution in [2.45, 2.75) is 20.4 Å². The Labute approximate surface area is 151 Å². The summed E-state index contributed by atoms with van der Waals surface area (Å²) < 4.78 is 12.9. The number of rotatable bonds is 6. The van der Waals surface area contributed by atoms with Crippen molar-refractivity contribution in [1.29, 1.82) is 5.26 Å². The van der Waals surface area contributed by atoms with E-state index in [1.54, 1.807) is 23.9 Å². The zero-order valence-electron chi connectivity index (χ0n) is 14.7. The average Bonchev–Trinajstić information content (AvgIpc) is 3.28. The van der Waals surface area contributed by atoms with Crippen molar-refractivity contribution in [3.8, 4) is 17.7 Å². The summed E-state index contributed by atoms with van der Waals surface area (Å²) in [6, 6.07) is 13.3. The highest BCUT2D eigenvalue weighted by molar-refractivity contribution is 5.98. The lowest BCUT2D eigenvalue weighted by Crippen LogP contribution is -2.24. The van der Waals surface area contributed by atoms with Crippen molar-refractivity contribution in [2.24, 2.45) is 0 Å². The van der Waals surface area contributed by atoms with Gasteiger partial charge in [-0.1, -0.05) is 18.2 Å². The fourth-order valence-electron chi connectivity index (χ4n) is 2.77. The van der Waals surface area contributed by atoms with Crippen LogP contribution in [0.4, 0.5) is 0 Å². The Morgan fingerprint density at radius 2 is 2.00 bits per heavy atom. The van der Waals surface area contributed by atoms with E-state index in [-0.39, 0.29) is 17.0 Å². The van der Waals surface area contributed by atoms with Gasteiger partial charge in [0.1, 0.15) is 28.7 Å². The Kier molecular flexibility index (Phi) is 5.09. The maximum atomic E-state index is 12.7. The molecule has 0 saturated heterocycles. The van der Waals surface area contributed by atoms with Crippen LogP contribution in [0.15, 0.2) is 53.2 Å². The summed E-state index contributed by atoms with van der Waals surface area (Å²) in [4.78, 5) is 12.7. The first-order valence-corrected chi connectivity index (χ1v) is 8.31. The van der Waals surface area contributed by atoms with E-state index in [0.717, 1.165) is 11.3 Å². The summed E-state index contributed by atoms with van der Waals surface area (Å²) >= 11 is 0. The molecule has 0 radical (unpaired) electrons. The molecule has 1 N–H and O–H groups in total. The van der Waals surface area contributed by atoms with Crippen molar-refractivity contribution in [2.75, 3.05) is 6.61 Å². The fourth-order valence-corrected chi connectivity index (χ4v) is 2.77. The molecule has 6 heteroatoms. The van der Waals surface area contributed by atoms with Crippen LogP contribution in [0.2, 0.25) is 0 Å². The van der Waals surface area contributed by atoms with Gasteiger partial charge in [0.05, 0.1) is 6.61 Å². The largest absolute Gasteiger partial charge is 0.494 e. The Hall–Kier alpha value is -3.46. The molecule has 2 heterocycles. The highest BCUT2D eigenvalue weighted by Gasteiger charge is 2.24. The predicted molar refractivity (Wildman–Crippen MR) is 96.3 cm³/mol. The number of aryl methyl sites for hydroxylation is 1. The number of hydrogen-bond acceptors (Lipinski definition) is 4. The van der Waals surface area contributed by atoms with Crippen LogP contribution >= 0.6 is 0 Å². The molecule has 3 rings (SSSR count). The van der Waals surface area contributed by atoms with E-state index in [1.807, 2.05) is 43.3 Å². The van der Waals surface area contributed by atoms with E-state index in [9.17, 15) is 10.1 Å². The third-order valence-electron chi connectivity index (χ3n) is 3.96. The lowest BCUT2D eigenvalue weighted by molar-refractivity contribution is 0.0949. The zero-order valence-corrected chi connectivity index (χ0v) is 14.7. The van der Waals surface area contributed by atoms with Crippen LogP contribution in [-0.4, -0.2) is 17.1 Å². The van der Waals surface area contributed by atoms with Crippen LogP contribution in [-0.2, 0) is 6.54 Å². The van der Waals surface area contributed by atoms with Gasteiger partial charge in [0, 0.05) is 24.5 Å². The predicted octanol–water partition coefficient (Wildman–Crippen LogP) is 3.58. The first-order chi connectivity index (χ1) is 12.7. The Morgan fingerprint density at radius 3 is 2.69 bits per heavy atom. The van der Waals surface area contributed by atoms with Crippen molar-refractivity contribution < 1.29 is 13.9 Å². The summed E-state index contributed by atoms with van der Waals surface area (Å²) in [5, 5.41) is 12.4. The molecule has 1 amide bonds. The summed E-state index contributed by atoms with van der Waals surface area (Å²) in [6.45, 7) is 4.43. The minimum absolute atomic E-state index is 0.217. The highest BCUT2D eigenvalue weighted by atomic mass is 16.5. The number of amides is 1. The molecule has 0 aliphatic heterocycles. The summed E-state index contributed by atoms with van der Waals surface area (Å²) in [5.41, 5.74) is 1.34. The number of nitrogens with zero attached hydrogens (tertiary/aromatic N) is 2. The van der Waals surface area contributed by atoms with E-state index in [0.29, 0.717) is 24.8 Å². The minimum Gasteiger partial charge on any atom is -0.494 e. The minimum atomic E-state index is -0.354. The van der Waals surface area contributed by atoms with Gasteiger partial charge in [-0.3, -0.25) is 9.36 Å². The number of para-hydroxylation sites is 1. The van der Waals surface area contributed by atoms with Crippen molar-refractivity contribution >= 4 is 5.91 Å². The molecular weight excluding hydrogens is 330 g/mol. The highest BCUT2D eigenvalue weighted by Crippen LogP contribution is 2.25. The van der Waals surface area contributed by atoms with Crippen LogP contribution in [0.25, 0.3) is 5.88 Å². The molecule has 1 aromatic carbocycles. The van der Waals surface area contributed by atoms with Crippen molar-refractivity contribution in [3.05, 3.63) is 71.2 Å². The van der Waals surface area contributed by atoms with E-state index in [1.165, 1.54) is 0 Å². The van der Waals surface area contributed by atoms with Gasteiger partial charge < -0.3 is 14.5 Å². The number of benzene rings is 1. The number of furan rings is 1. The lowest BCUT2D eigenvalue weighted by atomic mass is 10.1. The van der Waals surface area contributed by atoms with E-state index < -0.39 is 0 Å². The first-order valence-electron chi connectivity index (χ1n) is 8.31. The lowest BCUT2D eigenvalue weighted by Gasteiger charge is -2.10. The second-order valence-corrected chi connectivity index (χ2v) is 5.64. The zero-order chi connectivity index (χ0) is 18.5. The molecule has 0 fully saturated rings. The van der Waals surface area contributed by atoms with Crippen molar-refractivity contribution in [1.82, 2.24) is 9.88 Å². The van der Waals surface area contributed by atoms with Gasteiger partial charge in [0.2, 0.25) is 5.88 Å². The Bertz CT molecular complexity index is 949. The number of hydrogen-bond donors (Lipinski definition) is 1. The normalized spacial score (nSPS) is 10.3. The maximum absolute atomic E-state index is 12.7. The molecule has 3 aromatic rings. The molecule has 2 aromatic heterocycles. The van der Waals surface area contributed by atoms with Crippen molar-refractivity contribution in [3.63, 3.8) is 0 Å². The maximum Gasteiger partial charge on any atom is 0.256 e. The topological polar surface area (TPSA) is 80.2 Å². The Balaban J connectivity index is 1.84. The molecular formula is C20H19N3O3. The molecule has 0 saturated carbocycles. The molecule has 26 heavy (non-hydrogen) atoms. The summed E-state index contributed by atoms with van der Waals surface area (Å²) in [5.74, 6) is 1.12.